The van der Waals surface area contributed by atoms with Gasteiger partial charge in [0.15, 0.2) is 0 Å². The van der Waals surface area contributed by atoms with E-state index >= 15 is 0 Å². The minimum absolute atomic E-state index is 0.129. The summed E-state index contributed by atoms with van der Waals surface area (Å²) < 4.78 is 10.8. The largest absolute Gasteiger partial charge is 0.360 e. The fourth-order valence-corrected chi connectivity index (χ4v) is 7.48. The van der Waals surface area contributed by atoms with Crippen molar-refractivity contribution in [2.45, 2.75) is 83.7 Å². The van der Waals surface area contributed by atoms with Gasteiger partial charge in [0.05, 0.1) is 10.0 Å². The van der Waals surface area contributed by atoms with Crippen molar-refractivity contribution < 1.29 is 18.6 Å². The maximum Gasteiger partial charge on any atom is 0.257 e. The summed E-state index contributed by atoms with van der Waals surface area (Å²) in [4.78, 5) is 26.6. The normalized spacial score (nSPS) is 21.8. The van der Waals surface area contributed by atoms with Crippen molar-refractivity contribution in [2.75, 3.05) is 0 Å². The van der Waals surface area contributed by atoms with E-state index in [4.69, 9.17) is 32.2 Å². The van der Waals surface area contributed by atoms with E-state index in [1.807, 2.05) is 36.4 Å². The molecule has 236 valence electrons. The Morgan fingerprint density at radius 3 is 1.42 bits per heavy atom. The molecule has 0 saturated heterocycles. The average Bonchev–Trinajstić information content (AvgIpc) is 3.61. The number of rotatable bonds is 8. The minimum Gasteiger partial charge on any atom is -0.360 e. The second-order valence-corrected chi connectivity index (χ2v) is 13.3. The SMILES string of the molecule is Cc1onc(-c2ccccc2Cl)c1C(=O)NC1CCC(CC2CCC(NC(=O)c3c(-c4ccccc4Cl)noc3C)CC2)CC1. The molecule has 45 heavy (non-hydrogen) atoms. The lowest BCUT2D eigenvalue weighted by atomic mass is 9.75. The van der Waals surface area contributed by atoms with E-state index in [-0.39, 0.29) is 23.9 Å². The molecule has 2 aromatic carbocycles. The molecule has 0 atom stereocenters. The molecular weight excluding hydrogens is 611 g/mol. The number of amides is 2. The second kappa shape index (κ2) is 13.8. The van der Waals surface area contributed by atoms with E-state index in [0.29, 0.717) is 67.0 Å². The van der Waals surface area contributed by atoms with E-state index in [1.54, 1.807) is 26.0 Å². The number of hydrogen-bond donors (Lipinski definition) is 2. The summed E-state index contributed by atoms with van der Waals surface area (Å²) >= 11 is 12.8. The molecule has 4 aromatic rings. The van der Waals surface area contributed by atoms with Gasteiger partial charge in [0.1, 0.15) is 34.0 Å². The zero-order chi connectivity index (χ0) is 31.5. The molecule has 2 N–H and O–H groups in total. The van der Waals surface area contributed by atoms with Gasteiger partial charge in [0.2, 0.25) is 0 Å². The van der Waals surface area contributed by atoms with Gasteiger partial charge in [-0.05, 0) is 95.6 Å². The van der Waals surface area contributed by atoms with Crippen LogP contribution < -0.4 is 10.6 Å². The number of carbonyl (C=O) groups excluding carboxylic acids is 2. The molecule has 2 aromatic heterocycles. The molecule has 2 saturated carbocycles. The summed E-state index contributed by atoms with van der Waals surface area (Å²) in [6, 6.07) is 15.0. The average molecular weight is 650 g/mol. The summed E-state index contributed by atoms with van der Waals surface area (Å²) in [5.41, 5.74) is 3.24. The van der Waals surface area contributed by atoms with Gasteiger partial charge in [-0.1, -0.05) is 69.9 Å². The van der Waals surface area contributed by atoms with Gasteiger partial charge in [-0.3, -0.25) is 9.59 Å². The number of nitrogens with zero attached hydrogens (tertiary/aromatic N) is 2. The summed E-state index contributed by atoms with van der Waals surface area (Å²) in [5, 5.41) is 15.8. The van der Waals surface area contributed by atoms with Crippen LogP contribution in [0, 0.1) is 25.7 Å². The number of benzene rings is 2. The molecule has 0 aliphatic heterocycles. The van der Waals surface area contributed by atoms with Crippen molar-refractivity contribution in [3.8, 4) is 22.5 Å². The van der Waals surface area contributed by atoms with Crippen LogP contribution in [0.15, 0.2) is 57.6 Å². The molecular formula is C35H38Cl2N4O4. The highest BCUT2D eigenvalue weighted by molar-refractivity contribution is 6.33. The number of halogens is 2. The van der Waals surface area contributed by atoms with Crippen LogP contribution in [-0.4, -0.2) is 34.2 Å². The topological polar surface area (TPSA) is 110 Å². The summed E-state index contributed by atoms with van der Waals surface area (Å²) in [7, 11) is 0. The standard InChI is InChI=1S/C35H38Cl2N4O4/c1-20-30(32(40-44-20)26-7-3-5-9-28(26)36)34(42)38-24-15-11-22(12-16-24)19-23-13-17-25(18-14-23)39-35(43)31-21(2)45-41-33(31)27-8-4-6-10-29(27)37/h3-10,22-25H,11-19H2,1-2H3,(H,38,42)(H,39,43). The van der Waals surface area contributed by atoms with E-state index < -0.39 is 0 Å². The maximum atomic E-state index is 13.3. The summed E-state index contributed by atoms with van der Waals surface area (Å²) in [6.07, 6.45) is 9.42. The van der Waals surface area contributed by atoms with Gasteiger partial charge in [-0.15, -0.1) is 0 Å². The number of aryl methyl sites for hydroxylation is 2. The first-order chi connectivity index (χ1) is 21.8. The third kappa shape index (κ3) is 6.97. The van der Waals surface area contributed by atoms with Crippen LogP contribution in [0.4, 0.5) is 0 Å². The highest BCUT2D eigenvalue weighted by Gasteiger charge is 2.31. The Morgan fingerprint density at radius 2 is 1.04 bits per heavy atom. The third-order valence-electron chi connectivity index (χ3n) is 9.47. The Bertz CT molecular complexity index is 1540. The molecule has 2 heterocycles. The van der Waals surface area contributed by atoms with Crippen LogP contribution in [0.3, 0.4) is 0 Å². The predicted molar refractivity (Wildman–Crippen MR) is 174 cm³/mol. The lowest BCUT2D eigenvalue weighted by Gasteiger charge is -2.34. The van der Waals surface area contributed by atoms with Crippen molar-refractivity contribution in [1.82, 2.24) is 20.9 Å². The first kappa shape index (κ1) is 31.4. The van der Waals surface area contributed by atoms with Crippen LogP contribution in [0.5, 0.6) is 0 Å². The Hall–Kier alpha value is -3.62. The van der Waals surface area contributed by atoms with Crippen LogP contribution in [0.1, 0.15) is 90.0 Å². The van der Waals surface area contributed by atoms with Gasteiger partial charge < -0.3 is 19.7 Å². The highest BCUT2D eigenvalue weighted by Crippen LogP contribution is 2.37. The van der Waals surface area contributed by atoms with Crippen LogP contribution in [0.2, 0.25) is 10.0 Å². The second-order valence-electron chi connectivity index (χ2n) is 12.5. The Kier molecular flexibility index (Phi) is 9.61. The molecule has 2 aliphatic rings. The molecule has 0 spiro atoms. The van der Waals surface area contributed by atoms with E-state index in [2.05, 4.69) is 20.9 Å². The molecule has 2 fully saturated rings. The minimum atomic E-state index is -0.159. The van der Waals surface area contributed by atoms with Crippen molar-refractivity contribution in [3.63, 3.8) is 0 Å². The van der Waals surface area contributed by atoms with Crippen LogP contribution in [0.25, 0.3) is 22.5 Å². The molecule has 0 radical (unpaired) electrons. The summed E-state index contributed by atoms with van der Waals surface area (Å²) in [5.74, 6) is 1.97. The van der Waals surface area contributed by atoms with Gasteiger partial charge in [-0.2, -0.15) is 0 Å². The molecule has 0 unspecified atom stereocenters. The number of aromatic nitrogens is 2. The van der Waals surface area contributed by atoms with E-state index in [0.717, 1.165) is 51.4 Å². The molecule has 0 bridgehead atoms. The van der Waals surface area contributed by atoms with Gasteiger partial charge in [0, 0.05) is 23.2 Å². The number of nitrogens with one attached hydrogen (secondary N) is 2. The quantitative estimate of drug-likeness (QED) is 0.198. The van der Waals surface area contributed by atoms with Crippen LogP contribution in [-0.2, 0) is 0 Å². The monoisotopic (exact) mass is 648 g/mol. The van der Waals surface area contributed by atoms with Crippen molar-refractivity contribution in [3.05, 3.63) is 81.2 Å². The van der Waals surface area contributed by atoms with Crippen molar-refractivity contribution in [2.24, 2.45) is 11.8 Å². The smallest absolute Gasteiger partial charge is 0.257 e. The van der Waals surface area contributed by atoms with Crippen LogP contribution >= 0.6 is 23.2 Å². The fourth-order valence-electron chi connectivity index (χ4n) is 7.02. The predicted octanol–water partition coefficient (Wildman–Crippen LogP) is 8.59. The lowest BCUT2D eigenvalue weighted by Crippen LogP contribution is -2.39. The lowest BCUT2D eigenvalue weighted by molar-refractivity contribution is 0.0917. The van der Waals surface area contributed by atoms with Gasteiger partial charge in [0.25, 0.3) is 11.8 Å². The Balaban J connectivity index is 0.966. The van der Waals surface area contributed by atoms with Crippen molar-refractivity contribution in [1.29, 1.82) is 0 Å². The first-order valence-electron chi connectivity index (χ1n) is 15.8. The number of carbonyl (C=O) groups is 2. The van der Waals surface area contributed by atoms with E-state index in [1.165, 1.54) is 6.42 Å². The Labute approximate surface area is 273 Å². The Morgan fingerprint density at radius 1 is 0.667 bits per heavy atom. The fraction of sp³-hybridized carbons (Fsp3) is 0.429. The number of hydrogen-bond acceptors (Lipinski definition) is 6. The van der Waals surface area contributed by atoms with Crippen molar-refractivity contribution >= 4 is 35.0 Å². The molecule has 2 aliphatic carbocycles. The summed E-state index contributed by atoms with van der Waals surface area (Å²) in [6.45, 7) is 3.51. The molecule has 8 nitrogen and oxygen atoms in total. The van der Waals surface area contributed by atoms with E-state index in [9.17, 15) is 9.59 Å². The van der Waals surface area contributed by atoms with Gasteiger partial charge >= 0.3 is 0 Å². The maximum absolute atomic E-state index is 13.3. The third-order valence-corrected chi connectivity index (χ3v) is 10.1. The molecule has 10 heteroatoms. The molecule has 6 rings (SSSR count). The zero-order valence-electron chi connectivity index (χ0n) is 25.6. The first-order valence-corrected chi connectivity index (χ1v) is 16.6. The molecule has 2 amide bonds. The highest BCUT2D eigenvalue weighted by atomic mass is 35.5. The zero-order valence-corrected chi connectivity index (χ0v) is 27.1. The van der Waals surface area contributed by atoms with Gasteiger partial charge in [-0.25, -0.2) is 0 Å².